The van der Waals surface area contributed by atoms with E-state index in [4.69, 9.17) is 0 Å². The third-order valence-corrected chi connectivity index (χ3v) is 2.45. The fourth-order valence-corrected chi connectivity index (χ4v) is 1.61. The molecule has 0 aromatic carbocycles. The van der Waals surface area contributed by atoms with Gasteiger partial charge in [0.2, 0.25) is 0 Å². The van der Waals surface area contributed by atoms with E-state index in [-0.39, 0.29) is 0 Å². The zero-order valence-corrected chi connectivity index (χ0v) is 9.51. The minimum absolute atomic E-state index is 0.622. The van der Waals surface area contributed by atoms with Gasteiger partial charge in [-0.2, -0.15) is 4.52 Å². The van der Waals surface area contributed by atoms with E-state index in [1.54, 1.807) is 27.8 Å². The fraction of sp³-hybridized carbons (Fsp3) is 0.333. The molecule has 0 saturated heterocycles. The first-order valence-corrected chi connectivity index (χ1v) is 5.53. The number of tetrazole rings is 1. The Morgan fingerprint density at radius 2 is 2.22 bits per heavy atom. The van der Waals surface area contributed by atoms with Crippen molar-refractivity contribution in [2.45, 2.75) is 13.0 Å². The van der Waals surface area contributed by atoms with Gasteiger partial charge in [-0.1, -0.05) is 5.21 Å². The average Bonchev–Trinajstić information content (AvgIpc) is 3.05. The zero-order chi connectivity index (χ0) is 12.2. The summed E-state index contributed by atoms with van der Waals surface area (Å²) in [6, 6.07) is 0. The number of nitrogens with zero attached hydrogens (tertiary/aromatic N) is 8. The molecule has 3 aromatic heterocycles. The van der Waals surface area contributed by atoms with E-state index in [0.717, 1.165) is 25.3 Å². The SMILES string of the molecule is c1cn(CCCNc2cncc3nnnn23)nn1. The van der Waals surface area contributed by atoms with Crippen molar-refractivity contribution in [2.24, 2.45) is 0 Å². The van der Waals surface area contributed by atoms with Crippen molar-refractivity contribution >= 4 is 11.5 Å². The summed E-state index contributed by atoms with van der Waals surface area (Å²) >= 11 is 0. The number of hydrogen-bond acceptors (Lipinski definition) is 7. The van der Waals surface area contributed by atoms with Crippen LogP contribution >= 0.6 is 0 Å². The molecule has 0 aliphatic carbocycles. The Bertz CT molecular complexity index is 614. The number of nitrogens with one attached hydrogen (secondary N) is 1. The number of rotatable bonds is 5. The Hall–Kier alpha value is -2.58. The summed E-state index contributed by atoms with van der Waals surface area (Å²) in [7, 11) is 0. The maximum Gasteiger partial charge on any atom is 0.199 e. The molecule has 92 valence electrons. The normalized spacial score (nSPS) is 10.9. The number of hydrogen-bond donors (Lipinski definition) is 1. The van der Waals surface area contributed by atoms with Crippen molar-refractivity contribution in [1.82, 2.24) is 40.0 Å². The van der Waals surface area contributed by atoms with Crippen molar-refractivity contribution in [1.29, 1.82) is 0 Å². The van der Waals surface area contributed by atoms with E-state index in [0.29, 0.717) is 5.65 Å². The van der Waals surface area contributed by atoms with Crippen molar-refractivity contribution in [3.8, 4) is 0 Å². The predicted octanol–water partition coefficient (Wildman–Crippen LogP) is -0.387. The molecule has 0 bridgehead atoms. The molecular formula is C9H11N9. The Kier molecular flexibility index (Phi) is 2.78. The highest BCUT2D eigenvalue weighted by Crippen LogP contribution is 2.05. The smallest absolute Gasteiger partial charge is 0.199 e. The Labute approximate surface area is 102 Å². The number of aromatic nitrogens is 8. The van der Waals surface area contributed by atoms with Gasteiger partial charge in [0.25, 0.3) is 0 Å². The molecule has 0 unspecified atom stereocenters. The maximum absolute atomic E-state index is 4.06. The highest BCUT2D eigenvalue weighted by Gasteiger charge is 2.02. The van der Waals surface area contributed by atoms with Gasteiger partial charge in [-0.05, 0) is 16.8 Å². The van der Waals surface area contributed by atoms with Crippen LogP contribution in [-0.2, 0) is 6.54 Å². The van der Waals surface area contributed by atoms with Crippen LogP contribution < -0.4 is 5.32 Å². The van der Waals surface area contributed by atoms with Gasteiger partial charge in [-0.25, -0.2) is 0 Å². The molecular weight excluding hydrogens is 234 g/mol. The van der Waals surface area contributed by atoms with Crippen molar-refractivity contribution in [3.63, 3.8) is 0 Å². The lowest BCUT2D eigenvalue weighted by Gasteiger charge is -2.06. The highest BCUT2D eigenvalue weighted by atomic mass is 15.5. The lowest BCUT2D eigenvalue weighted by molar-refractivity contribution is 0.569. The second kappa shape index (κ2) is 4.73. The summed E-state index contributed by atoms with van der Waals surface area (Å²) in [4.78, 5) is 4.06. The van der Waals surface area contributed by atoms with Gasteiger partial charge in [0.15, 0.2) is 5.65 Å². The molecule has 3 aromatic rings. The van der Waals surface area contributed by atoms with Crippen LogP contribution in [0.25, 0.3) is 5.65 Å². The van der Waals surface area contributed by atoms with Crippen LogP contribution in [0.15, 0.2) is 24.8 Å². The van der Waals surface area contributed by atoms with E-state index in [9.17, 15) is 0 Å². The topological polar surface area (TPSA) is 98.7 Å². The summed E-state index contributed by atoms with van der Waals surface area (Å²) in [5.41, 5.74) is 0.622. The first-order chi connectivity index (χ1) is 8.93. The molecule has 0 saturated carbocycles. The molecule has 0 radical (unpaired) electrons. The van der Waals surface area contributed by atoms with Crippen LogP contribution in [0, 0.1) is 0 Å². The van der Waals surface area contributed by atoms with Gasteiger partial charge in [0, 0.05) is 19.3 Å². The van der Waals surface area contributed by atoms with E-state index in [1.165, 1.54) is 0 Å². The molecule has 0 fully saturated rings. The number of fused-ring (bicyclic) bond motifs is 1. The van der Waals surface area contributed by atoms with Crippen LogP contribution in [-0.4, -0.2) is 46.6 Å². The second-order valence-electron chi connectivity index (χ2n) is 3.69. The van der Waals surface area contributed by atoms with Crippen molar-refractivity contribution < 1.29 is 0 Å². The lowest BCUT2D eigenvalue weighted by atomic mass is 10.4. The minimum Gasteiger partial charge on any atom is -0.369 e. The fourth-order valence-electron chi connectivity index (χ4n) is 1.61. The van der Waals surface area contributed by atoms with E-state index in [1.807, 2.05) is 6.20 Å². The van der Waals surface area contributed by atoms with Gasteiger partial charge in [0.05, 0.1) is 18.6 Å². The number of anilines is 1. The highest BCUT2D eigenvalue weighted by molar-refractivity contribution is 5.43. The molecule has 3 heterocycles. The third kappa shape index (κ3) is 2.10. The van der Waals surface area contributed by atoms with Gasteiger partial charge in [0.1, 0.15) is 5.82 Å². The minimum atomic E-state index is 0.622. The summed E-state index contributed by atoms with van der Waals surface area (Å²) in [6.45, 7) is 1.59. The Morgan fingerprint density at radius 1 is 1.22 bits per heavy atom. The van der Waals surface area contributed by atoms with Crippen LogP contribution in [0.3, 0.4) is 0 Å². The zero-order valence-electron chi connectivity index (χ0n) is 9.51. The Balaban J connectivity index is 1.58. The second-order valence-corrected chi connectivity index (χ2v) is 3.69. The molecule has 0 aliphatic heterocycles. The maximum atomic E-state index is 4.06. The molecule has 0 amide bonds. The van der Waals surface area contributed by atoms with Gasteiger partial charge in [-0.15, -0.1) is 10.2 Å². The summed E-state index contributed by atoms with van der Waals surface area (Å²) in [5.74, 6) is 0.774. The monoisotopic (exact) mass is 245 g/mol. The first-order valence-electron chi connectivity index (χ1n) is 5.53. The summed E-state index contributed by atoms with van der Waals surface area (Å²) in [5, 5.41) is 22.2. The van der Waals surface area contributed by atoms with E-state index < -0.39 is 0 Å². The molecule has 0 aliphatic rings. The summed E-state index contributed by atoms with van der Waals surface area (Å²) in [6.07, 6.45) is 7.73. The molecule has 0 spiro atoms. The van der Waals surface area contributed by atoms with Crippen LogP contribution in [0.1, 0.15) is 6.42 Å². The molecule has 0 atom stereocenters. The molecule has 9 nitrogen and oxygen atoms in total. The van der Waals surface area contributed by atoms with Crippen LogP contribution in [0.2, 0.25) is 0 Å². The van der Waals surface area contributed by atoms with Gasteiger partial charge >= 0.3 is 0 Å². The van der Waals surface area contributed by atoms with Crippen molar-refractivity contribution in [2.75, 3.05) is 11.9 Å². The Morgan fingerprint density at radius 3 is 3.11 bits per heavy atom. The molecule has 1 N–H and O–H groups in total. The molecule has 9 heteroatoms. The predicted molar refractivity (Wildman–Crippen MR) is 61.7 cm³/mol. The first kappa shape index (κ1) is 10.6. The van der Waals surface area contributed by atoms with Crippen LogP contribution in [0.4, 0.5) is 5.82 Å². The third-order valence-electron chi connectivity index (χ3n) is 2.45. The van der Waals surface area contributed by atoms with Crippen LogP contribution in [0.5, 0.6) is 0 Å². The summed E-state index contributed by atoms with van der Waals surface area (Å²) < 4.78 is 3.40. The van der Waals surface area contributed by atoms with Gasteiger partial charge < -0.3 is 5.32 Å². The van der Waals surface area contributed by atoms with Crippen molar-refractivity contribution in [3.05, 3.63) is 24.8 Å². The van der Waals surface area contributed by atoms with E-state index in [2.05, 4.69) is 36.1 Å². The largest absolute Gasteiger partial charge is 0.369 e. The van der Waals surface area contributed by atoms with E-state index >= 15 is 0 Å². The number of aryl methyl sites for hydroxylation is 1. The molecule has 18 heavy (non-hydrogen) atoms. The quantitative estimate of drug-likeness (QED) is 0.611. The molecule has 3 rings (SSSR count). The average molecular weight is 245 g/mol. The lowest BCUT2D eigenvalue weighted by Crippen LogP contribution is -2.10. The standard InChI is InChI=1S/C9H11N9/c1(4-17-5-3-12-15-17)2-11-8-6-10-7-9-13-14-16-18(8)9/h3,5-7,11H,1-2,4H2. The van der Waals surface area contributed by atoms with Gasteiger partial charge in [-0.3, -0.25) is 9.67 Å².